The van der Waals surface area contributed by atoms with Gasteiger partial charge >= 0.3 is 0 Å². The summed E-state index contributed by atoms with van der Waals surface area (Å²) >= 11 is 0. The van der Waals surface area contributed by atoms with Crippen molar-refractivity contribution in [1.29, 1.82) is 0 Å². The monoisotopic (exact) mass is 398 g/mol. The molecule has 1 N–H and O–H groups in total. The quantitative estimate of drug-likeness (QED) is 0.637. The SMILES string of the molecule is Cc1cc(C)c(C(=O)Nc2ccc3c(c2)N(C(=O)c2ccccc2)CCC3)c(C)c1. The molecule has 3 aromatic rings. The molecule has 0 fully saturated rings. The van der Waals surface area contributed by atoms with Gasteiger partial charge in [-0.1, -0.05) is 42.0 Å². The van der Waals surface area contributed by atoms with Crippen LogP contribution in [0, 0.1) is 20.8 Å². The molecular formula is C26H26N2O2. The average Bonchev–Trinajstić information content (AvgIpc) is 2.72. The van der Waals surface area contributed by atoms with Crippen LogP contribution in [0.3, 0.4) is 0 Å². The highest BCUT2D eigenvalue weighted by Gasteiger charge is 2.24. The Kier molecular flexibility index (Phi) is 5.40. The number of carbonyl (C=O) groups is 2. The second kappa shape index (κ2) is 8.15. The zero-order chi connectivity index (χ0) is 21.3. The van der Waals surface area contributed by atoms with Crippen LogP contribution >= 0.6 is 0 Å². The fourth-order valence-electron chi connectivity index (χ4n) is 4.33. The molecule has 0 atom stereocenters. The minimum Gasteiger partial charge on any atom is -0.322 e. The molecule has 0 unspecified atom stereocenters. The lowest BCUT2D eigenvalue weighted by atomic mass is 9.98. The fourth-order valence-corrected chi connectivity index (χ4v) is 4.33. The van der Waals surface area contributed by atoms with Crippen LogP contribution in [0.1, 0.15) is 49.4 Å². The first-order valence-corrected chi connectivity index (χ1v) is 10.3. The Balaban J connectivity index is 1.63. The number of anilines is 2. The van der Waals surface area contributed by atoms with E-state index < -0.39 is 0 Å². The minimum absolute atomic E-state index is 0.00903. The second-order valence-electron chi connectivity index (χ2n) is 8.00. The maximum Gasteiger partial charge on any atom is 0.258 e. The van der Waals surface area contributed by atoms with Gasteiger partial charge in [0, 0.05) is 29.0 Å². The molecule has 1 aliphatic heterocycles. The molecule has 152 valence electrons. The smallest absolute Gasteiger partial charge is 0.258 e. The molecular weight excluding hydrogens is 372 g/mol. The summed E-state index contributed by atoms with van der Waals surface area (Å²) in [6, 6.07) is 19.2. The van der Waals surface area contributed by atoms with E-state index in [0.29, 0.717) is 23.4 Å². The van der Waals surface area contributed by atoms with Gasteiger partial charge in [0.25, 0.3) is 11.8 Å². The van der Waals surface area contributed by atoms with Gasteiger partial charge in [0.1, 0.15) is 0 Å². The number of hydrogen-bond donors (Lipinski definition) is 1. The van der Waals surface area contributed by atoms with Crippen LogP contribution < -0.4 is 10.2 Å². The molecule has 0 radical (unpaired) electrons. The Bertz CT molecular complexity index is 1100. The summed E-state index contributed by atoms with van der Waals surface area (Å²) in [5.41, 5.74) is 7.15. The summed E-state index contributed by atoms with van der Waals surface area (Å²) in [7, 11) is 0. The van der Waals surface area contributed by atoms with Crippen molar-refractivity contribution >= 4 is 23.2 Å². The van der Waals surface area contributed by atoms with Crippen molar-refractivity contribution in [2.24, 2.45) is 0 Å². The number of benzene rings is 3. The molecule has 4 nitrogen and oxygen atoms in total. The normalized spacial score (nSPS) is 13.0. The highest BCUT2D eigenvalue weighted by atomic mass is 16.2. The third-order valence-electron chi connectivity index (χ3n) is 5.63. The van der Waals surface area contributed by atoms with Crippen LogP contribution in [-0.2, 0) is 6.42 Å². The topological polar surface area (TPSA) is 49.4 Å². The van der Waals surface area contributed by atoms with Crippen LogP contribution in [0.5, 0.6) is 0 Å². The van der Waals surface area contributed by atoms with E-state index in [0.717, 1.165) is 40.8 Å². The molecule has 0 aliphatic carbocycles. The standard InChI is InChI=1S/C26H26N2O2/c1-17-14-18(2)24(19(3)15-17)25(29)27-22-12-11-20-10-7-13-28(23(20)16-22)26(30)21-8-5-4-6-9-21/h4-6,8-9,11-12,14-16H,7,10,13H2,1-3H3,(H,27,29). The molecule has 0 aromatic heterocycles. The summed E-state index contributed by atoms with van der Waals surface area (Å²) in [5, 5.41) is 3.03. The number of aryl methyl sites for hydroxylation is 4. The molecule has 1 heterocycles. The Labute approximate surface area is 177 Å². The maximum absolute atomic E-state index is 13.1. The first-order valence-electron chi connectivity index (χ1n) is 10.3. The van der Waals surface area contributed by atoms with E-state index in [-0.39, 0.29) is 11.8 Å². The minimum atomic E-state index is -0.123. The van der Waals surface area contributed by atoms with E-state index in [1.165, 1.54) is 0 Å². The number of amides is 2. The molecule has 30 heavy (non-hydrogen) atoms. The number of rotatable bonds is 3. The van der Waals surface area contributed by atoms with Gasteiger partial charge in [-0.3, -0.25) is 9.59 Å². The number of hydrogen-bond acceptors (Lipinski definition) is 2. The molecule has 4 rings (SSSR count). The van der Waals surface area contributed by atoms with Crippen LogP contribution in [0.4, 0.5) is 11.4 Å². The van der Waals surface area contributed by atoms with Gasteiger partial charge in [-0.15, -0.1) is 0 Å². The van der Waals surface area contributed by atoms with Crippen molar-refractivity contribution < 1.29 is 9.59 Å². The van der Waals surface area contributed by atoms with Crippen molar-refractivity contribution in [2.45, 2.75) is 33.6 Å². The van der Waals surface area contributed by atoms with E-state index in [1.807, 2.05) is 86.3 Å². The first kappa shape index (κ1) is 19.9. The molecule has 2 amide bonds. The highest BCUT2D eigenvalue weighted by molar-refractivity contribution is 6.09. The molecule has 0 saturated carbocycles. The molecule has 0 spiro atoms. The summed E-state index contributed by atoms with van der Waals surface area (Å²) < 4.78 is 0. The number of nitrogens with one attached hydrogen (secondary N) is 1. The van der Waals surface area contributed by atoms with Crippen molar-refractivity contribution in [3.8, 4) is 0 Å². The van der Waals surface area contributed by atoms with E-state index in [4.69, 9.17) is 0 Å². The molecule has 0 bridgehead atoms. The first-order chi connectivity index (χ1) is 14.4. The largest absolute Gasteiger partial charge is 0.322 e. The van der Waals surface area contributed by atoms with Gasteiger partial charge < -0.3 is 10.2 Å². The lowest BCUT2D eigenvalue weighted by molar-refractivity contribution is 0.0984. The summed E-state index contributed by atoms with van der Waals surface area (Å²) in [4.78, 5) is 27.9. The van der Waals surface area contributed by atoms with Crippen LogP contribution in [0.25, 0.3) is 0 Å². The molecule has 4 heteroatoms. The number of carbonyl (C=O) groups excluding carboxylic acids is 2. The Morgan fingerprint density at radius 3 is 2.30 bits per heavy atom. The van der Waals surface area contributed by atoms with Crippen molar-refractivity contribution in [2.75, 3.05) is 16.8 Å². The average molecular weight is 399 g/mol. The van der Waals surface area contributed by atoms with Crippen LogP contribution in [-0.4, -0.2) is 18.4 Å². The van der Waals surface area contributed by atoms with E-state index in [1.54, 1.807) is 0 Å². The summed E-state index contributed by atoms with van der Waals surface area (Å²) in [6.45, 7) is 6.63. The third kappa shape index (κ3) is 3.86. The molecule has 1 aliphatic rings. The van der Waals surface area contributed by atoms with Gasteiger partial charge in [-0.2, -0.15) is 0 Å². The van der Waals surface area contributed by atoms with Gasteiger partial charge in [0.2, 0.25) is 0 Å². The van der Waals surface area contributed by atoms with Crippen molar-refractivity contribution in [1.82, 2.24) is 0 Å². The summed E-state index contributed by atoms with van der Waals surface area (Å²) in [5.74, 6) is -0.132. The van der Waals surface area contributed by atoms with Gasteiger partial charge in [0.15, 0.2) is 0 Å². The van der Waals surface area contributed by atoms with Gasteiger partial charge in [-0.05, 0) is 74.6 Å². The third-order valence-corrected chi connectivity index (χ3v) is 5.63. The van der Waals surface area contributed by atoms with E-state index in [9.17, 15) is 9.59 Å². The van der Waals surface area contributed by atoms with Gasteiger partial charge in [0.05, 0.1) is 0 Å². The fraction of sp³-hybridized carbons (Fsp3) is 0.231. The second-order valence-corrected chi connectivity index (χ2v) is 8.00. The lowest BCUT2D eigenvalue weighted by Gasteiger charge is -2.30. The zero-order valence-electron chi connectivity index (χ0n) is 17.7. The van der Waals surface area contributed by atoms with Crippen molar-refractivity contribution in [3.63, 3.8) is 0 Å². The number of nitrogens with zero attached hydrogens (tertiary/aromatic N) is 1. The van der Waals surface area contributed by atoms with Crippen LogP contribution in [0.2, 0.25) is 0 Å². The van der Waals surface area contributed by atoms with Crippen molar-refractivity contribution in [3.05, 3.63) is 94.0 Å². The summed E-state index contributed by atoms with van der Waals surface area (Å²) in [6.07, 6.45) is 1.86. The lowest BCUT2D eigenvalue weighted by Crippen LogP contribution is -2.35. The van der Waals surface area contributed by atoms with Crippen LogP contribution in [0.15, 0.2) is 60.7 Å². The van der Waals surface area contributed by atoms with E-state index >= 15 is 0 Å². The number of fused-ring (bicyclic) bond motifs is 1. The molecule has 0 saturated heterocycles. The van der Waals surface area contributed by atoms with Gasteiger partial charge in [-0.25, -0.2) is 0 Å². The maximum atomic E-state index is 13.1. The zero-order valence-corrected chi connectivity index (χ0v) is 17.7. The predicted molar refractivity (Wildman–Crippen MR) is 121 cm³/mol. The Hall–Kier alpha value is -3.40. The molecule has 3 aromatic carbocycles. The Morgan fingerprint density at radius 2 is 1.60 bits per heavy atom. The van der Waals surface area contributed by atoms with E-state index in [2.05, 4.69) is 5.32 Å². The predicted octanol–water partition coefficient (Wildman–Crippen LogP) is 5.46. The highest BCUT2D eigenvalue weighted by Crippen LogP contribution is 2.31. The Morgan fingerprint density at radius 1 is 0.900 bits per heavy atom.